The van der Waals surface area contributed by atoms with Crippen molar-refractivity contribution in [3.63, 3.8) is 0 Å². The molecule has 1 fully saturated rings. The molecule has 0 radical (unpaired) electrons. The summed E-state index contributed by atoms with van der Waals surface area (Å²) in [7, 11) is 1.67. The van der Waals surface area contributed by atoms with Gasteiger partial charge in [0, 0.05) is 33.2 Å². The fraction of sp³-hybridized carbons (Fsp3) is 0.529. The van der Waals surface area contributed by atoms with Crippen LogP contribution in [0.25, 0.3) is 5.95 Å². The van der Waals surface area contributed by atoms with Gasteiger partial charge in [-0.3, -0.25) is 9.36 Å². The lowest BCUT2D eigenvalue weighted by molar-refractivity contribution is -0.00409. The number of ether oxygens (including phenoxy) is 2. The average Bonchev–Trinajstić information content (AvgIpc) is 3.18. The van der Waals surface area contributed by atoms with Crippen molar-refractivity contribution in [1.82, 2.24) is 24.8 Å². The molecule has 136 valence electrons. The molecule has 2 aromatic heterocycles. The van der Waals surface area contributed by atoms with Crippen molar-refractivity contribution in [3.8, 4) is 5.95 Å². The van der Waals surface area contributed by atoms with Gasteiger partial charge >= 0.3 is 0 Å². The van der Waals surface area contributed by atoms with Crippen molar-refractivity contribution in [3.05, 3.63) is 36.7 Å². The van der Waals surface area contributed by atoms with Gasteiger partial charge in [-0.1, -0.05) is 0 Å². The molecule has 0 bridgehead atoms. The van der Waals surface area contributed by atoms with Gasteiger partial charge in [0.2, 0.25) is 5.95 Å². The van der Waals surface area contributed by atoms with Crippen LogP contribution in [0.5, 0.6) is 0 Å². The van der Waals surface area contributed by atoms with Crippen molar-refractivity contribution in [2.24, 2.45) is 0 Å². The molecule has 0 saturated heterocycles. The van der Waals surface area contributed by atoms with Crippen LogP contribution in [0.2, 0.25) is 0 Å². The fourth-order valence-electron chi connectivity index (χ4n) is 2.91. The molecule has 1 aliphatic carbocycles. The molecule has 0 aromatic carbocycles. The third-order valence-electron chi connectivity index (χ3n) is 4.26. The number of carbonyl (C=O) groups is 1. The lowest BCUT2D eigenvalue weighted by Gasteiger charge is -2.29. The minimum absolute atomic E-state index is 0. The van der Waals surface area contributed by atoms with E-state index in [-0.39, 0.29) is 19.5 Å². The number of imidazole rings is 1. The minimum Gasteiger partial charge on any atom is -0.382 e. The summed E-state index contributed by atoms with van der Waals surface area (Å²) in [4.78, 5) is 24.9. The van der Waals surface area contributed by atoms with Crippen LogP contribution in [-0.4, -0.2) is 57.9 Å². The van der Waals surface area contributed by atoms with E-state index in [4.69, 9.17) is 9.47 Å². The van der Waals surface area contributed by atoms with Crippen LogP contribution in [0.3, 0.4) is 0 Å². The predicted octanol–water partition coefficient (Wildman–Crippen LogP) is 1.61. The highest BCUT2D eigenvalue weighted by Crippen LogP contribution is 2.21. The van der Waals surface area contributed by atoms with Crippen molar-refractivity contribution in [2.75, 3.05) is 20.3 Å². The Kier molecular flexibility index (Phi) is 6.08. The van der Waals surface area contributed by atoms with Crippen LogP contribution in [0.4, 0.5) is 0 Å². The molecular weight excluding hydrogens is 322 g/mol. The van der Waals surface area contributed by atoms with Crippen molar-refractivity contribution in [2.45, 2.75) is 37.8 Å². The monoisotopic (exact) mass is 347 g/mol. The molecule has 3 rings (SSSR count). The summed E-state index contributed by atoms with van der Waals surface area (Å²) in [5.41, 5.74) is 0.358. The SMILES string of the molecule is COCCOC1CCC(NC(=O)c2ccnc(-n3ccnc3)n2)CC1.[HH]. The van der Waals surface area contributed by atoms with Crippen LogP contribution >= 0.6 is 0 Å². The molecule has 8 nitrogen and oxygen atoms in total. The zero-order valence-corrected chi connectivity index (χ0v) is 14.3. The van der Waals surface area contributed by atoms with Gasteiger partial charge in [-0.25, -0.2) is 15.0 Å². The van der Waals surface area contributed by atoms with Crippen LogP contribution in [0.1, 0.15) is 37.6 Å². The maximum absolute atomic E-state index is 12.5. The first-order valence-corrected chi connectivity index (χ1v) is 8.49. The minimum atomic E-state index is -0.174. The highest BCUT2D eigenvalue weighted by Gasteiger charge is 2.23. The largest absolute Gasteiger partial charge is 0.382 e. The molecule has 1 saturated carbocycles. The number of aromatic nitrogens is 4. The molecule has 8 heteroatoms. The number of rotatable bonds is 7. The van der Waals surface area contributed by atoms with E-state index in [2.05, 4.69) is 20.3 Å². The maximum atomic E-state index is 12.5. The number of amides is 1. The van der Waals surface area contributed by atoms with Gasteiger partial charge in [0.05, 0.1) is 19.3 Å². The molecule has 25 heavy (non-hydrogen) atoms. The molecule has 0 atom stereocenters. The smallest absolute Gasteiger partial charge is 0.270 e. The number of nitrogens with one attached hydrogen (secondary N) is 1. The Bertz CT molecular complexity index is 675. The van der Waals surface area contributed by atoms with E-state index in [1.54, 1.807) is 42.7 Å². The Hall–Kier alpha value is -2.32. The summed E-state index contributed by atoms with van der Waals surface area (Å²) in [6.07, 6.45) is 10.5. The van der Waals surface area contributed by atoms with E-state index in [1.807, 2.05) is 0 Å². The Labute approximate surface area is 148 Å². The molecular formula is C17H25N5O3. The lowest BCUT2D eigenvalue weighted by atomic mass is 9.93. The highest BCUT2D eigenvalue weighted by molar-refractivity contribution is 5.92. The quantitative estimate of drug-likeness (QED) is 0.765. The molecule has 2 aromatic rings. The molecule has 0 spiro atoms. The Morgan fingerprint density at radius 2 is 2.16 bits per heavy atom. The number of nitrogens with zero attached hydrogens (tertiary/aromatic N) is 4. The van der Waals surface area contributed by atoms with E-state index in [0.717, 1.165) is 25.7 Å². The van der Waals surface area contributed by atoms with Crippen LogP contribution in [0.15, 0.2) is 31.0 Å². The first-order valence-electron chi connectivity index (χ1n) is 8.49. The van der Waals surface area contributed by atoms with Crippen LogP contribution in [-0.2, 0) is 9.47 Å². The Morgan fingerprint density at radius 1 is 1.32 bits per heavy atom. The van der Waals surface area contributed by atoms with Crippen LogP contribution in [0, 0.1) is 0 Å². The molecule has 0 aliphatic heterocycles. The second-order valence-electron chi connectivity index (χ2n) is 6.02. The summed E-state index contributed by atoms with van der Waals surface area (Å²) >= 11 is 0. The zero-order chi connectivity index (χ0) is 17.5. The first-order chi connectivity index (χ1) is 12.3. The van der Waals surface area contributed by atoms with Gasteiger partial charge in [-0.15, -0.1) is 0 Å². The maximum Gasteiger partial charge on any atom is 0.270 e. The Balaban J connectivity index is 0.00000243. The number of methoxy groups -OCH3 is 1. The second-order valence-corrected chi connectivity index (χ2v) is 6.02. The lowest BCUT2D eigenvalue weighted by Crippen LogP contribution is -2.39. The van der Waals surface area contributed by atoms with Crippen molar-refractivity contribution >= 4 is 5.91 Å². The summed E-state index contributed by atoms with van der Waals surface area (Å²) in [6.45, 7) is 1.24. The predicted molar refractivity (Wildman–Crippen MR) is 92.6 cm³/mol. The van der Waals surface area contributed by atoms with Gasteiger partial charge in [0.15, 0.2) is 0 Å². The summed E-state index contributed by atoms with van der Waals surface area (Å²) in [6, 6.07) is 1.77. The number of hydrogen-bond donors (Lipinski definition) is 1. The normalized spacial score (nSPS) is 20.4. The average molecular weight is 347 g/mol. The van der Waals surface area contributed by atoms with Gasteiger partial charge in [-0.05, 0) is 31.7 Å². The molecule has 0 unspecified atom stereocenters. The summed E-state index contributed by atoms with van der Waals surface area (Å²) < 4.78 is 12.4. The third kappa shape index (κ3) is 4.83. The van der Waals surface area contributed by atoms with E-state index in [9.17, 15) is 4.79 Å². The van der Waals surface area contributed by atoms with Crippen molar-refractivity contribution < 1.29 is 15.7 Å². The molecule has 1 N–H and O–H groups in total. The highest BCUT2D eigenvalue weighted by atomic mass is 16.5. The number of hydrogen-bond acceptors (Lipinski definition) is 6. The van der Waals surface area contributed by atoms with E-state index >= 15 is 0 Å². The van der Waals surface area contributed by atoms with Gasteiger partial charge in [0.1, 0.15) is 12.0 Å². The molecule has 1 amide bonds. The van der Waals surface area contributed by atoms with Crippen molar-refractivity contribution in [1.29, 1.82) is 0 Å². The fourth-order valence-corrected chi connectivity index (χ4v) is 2.91. The third-order valence-corrected chi connectivity index (χ3v) is 4.26. The van der Waals surface area contributed by atoms with E-state index < -0.39 is 0 Å². The molecule has 2 heterocycles. The van der Waals surface area contributed by atoms with Gasteiger partial charge in [0.25, 0.3) is 5.91 Å². The number of carbonyl (C=O) groups excluding carboxylic acids is 1. The molecule has 1 aliphatic rings. The van der Waals surface area contributed by atoms with E-state index in [0.29, 0.717) is 24.9 Å². The van der Waals surface area contributed by atoms with Gasteiger partial charge < -0.3 is 14.8 Å². The van der Waals surface area contributed by atoms with Gasteiger partial charge in [-0.2, -0.15) is 0 Å². The summed E-state index contributed by atoms with van der Waals surface area (Å²) in [5.74, 6) is 0.257. The zero-order valence-electron chi connectivity index (χ0n) is 14.3. The standard InChI is InChI=1S/C17H23N5O3.H2/c1-24-10-11-25-14-4-2-13(3-5-14)20-16(23)15-6-7-19-17(21-15)22-9-8-18-12-22;/h6-9,12-14H,2-5,10-11H2,1H3,(H,20,23);1H. The van der Waals surface area contributed by atoms with E-state index in [1.165, 1.54) is 0 Å². The first kappa shape index (κ1) is 17.5. The second kappa shape index (κ2) is 8.68. The summed E-state index contributed by atoms with van der Waals surface area (Å²) in [5, 5.41) is 3.06. The van der Waals surface area contributed by atoms with Crippen LogP contribution < -0.4 is 5.32 Å². The Morgan fingerprint density at radius 3 is 2.88 bits per heavy atom. The topological polar surface area (TPSA) is 91.2 Å².